The minimum atomic E-state index is -0.0727. The van der Waals surface area contributed by atoms with Crippen molar-refractivity contribution in [2.24, 2.45) is 7.05 Å². The number of hydrogen-bond donors (Lipinski definition) is 1. The molecule has 0 bridgehead atoms. The number of halogens is 1. The molecule has 0 atom stereocenters. The molecular weight excluding hydrogens is 246 g/mol. The van der Waals surface area contributed by atoms with Crippen molar-refractivity contribution in [3.05, 3.63) is 24.3 Å². The van der Waals surface area contributed by atoms with E-state index in [0.29, 0.717) is 5.88 Å². The summed E-state index contributed by atoms with van der Waals surface area (Å²) in [6.45, 7) is 4.31. The van der Waals surface area contributed by atoms with Crippen LogP contribution in [0.25, 0.3) is 11.0 Å². The van der Waals surface area contributed by atoms with E-state index in [9.17, 15) is 0 Å². The lowest BCUT2D eigenvalue weighted by molar-refractivity contribution is 0.479. The van der Waals surface area contributed by atoms with Gasteiger partial charge in [0.05, 0.1) is 16.6 Å². The molecule has 2 rings (SSSR count). The quantitative estimate of drug-likeness (QED) is 0.834. The topological polar surface area (TPSA) is 29.9 Å². The molecule has 0 fully saturated rings. The lowest BCUT2D eigenvalue weighted by atomic mass is 9.95. The number of nitrogens with zero attached hydrogens (tertiary/aromatic N) is 2. The summed E-state index contributed by atoms with van der Waals surface area (Å²) in [5.41, 5.74) is 2.07. The first kappa shape index (κ1) is 13.2. The Kier molecular flexibility index (Phi) is 3.81. The van der Waals surface area contributed by atoms with Crippen LogP contribution < -0.4 is 5.32 Å². The molecule has 0 amide bonds. The number of rotatable bonds is 5. The summed E-state index contributed by atoms with van der Waals surface area (Å²) in [4.78, 5) is 4.63. The maximum absolute atomic E-state index is 6.13. The van der Waals surface area contributed by atoms with Crippen LogP contribution in [-0.4, -0.2) is 21.0 Å². The second kappa shape index (κ2) is 5.19. The zero-order valence-electron chi connectivity index (χ0n) is 11.2. The normalized spacial score (nSPS) is 12.0. The van der Waals surface area contributed by atoms with Gasteiger partial charge in [0.15, 0.2) is 0 Å². The number of alkyl halides is 1. The Bertz CT molecular complexity index is 521. The Hall–Kier alpha value is -1.22. The van der Waals surface area contributed by atoms with Crippen molar-refractivity contribution in [1.29, 1.82) is 0 Å². The molecule has 0 radical (unpaired) electrons. The number of hydrogen-bond acceptors (Lipinski definition) is 2. The van der Waals surface area contributed by atoms with Gasteiger partial charge in [-0.15, -0.1) is 11.6 Å². The van der Waals surface area contributed by atoms with E-state index in [0.717, 1.165) is 29.8 Å². The van der Waals surface area contributed by atoms with Crippen molar-refractivity contribution in [2.75, 3.05) is 11.2 Å². The molecule has 0 aliphatic rings. The number of para-hydroxylation sites is 2. The van der Waals surface area contributed by atoms with Crippen LogP contribution in [0.2, 0.25) is 0 Å². The standard InChI is InChI=1S/C14H20ClN3/c1-4-14(5-2,10-15)17-13-16-11-8-6-7-9-12(11)18(13)3/h6-9H,4-5,10H2,1-3H3,(H,16,17). The van der Waals surface area contributed by atoms with E-state index in [1.165, 1.54) is 0 Å². The minimum absolute atomic E-state index is 0.0727. The van der Waals surface area contributed by atoms with E-state index in [4.69, 9.17) is 11.6 Å². The molecule has 2 aromatic rings. The summed E-state index contributed by atoms with van der Waals surface area (Å²) in [5.74, 6) is 1.48. The van der Waals surface area contributed by atoms with Crippen LogP contribution in [0, 0.1) is 0 Å². The molecule has 1 aromatic heterocycles. The molecule has 0 saturated carbocycles. The highest BCUT2D eigenvalue weighted by Crippen LogP contribution is 2.25. The molecule has 1 heterocycles. The molecule has 0 aliphatic carbocycles. The Labute approximate surface area is 113 Å². The second-order valence-corrected chi connectivity index (χ2v) is 5.00. The number of aryl methyl sites for hydroxylation is 1. The zero-order valence-corrected chi connectivity index (χ0v) is 12.0. The van der Waals surface area contributed by atoms with Crippen molar-refractivity contribution in [3.63, 3.8) is 0 Å². The largest absolute Gasteiger partial charge is 0.349 e. The highest BCUT2D eigenvalue weighted by molar-refractivity contribution is 6.18. The molecule has 98 valence electrons. The average Bonchev–Trinajstić information content (AvgIpc) is 2.73. The molecular formula is C14H20ClN3. The highest BCUT2D eigenvalue weighted by Gasteiger charge is 2.26. The van der Waals surface area contributed by atoms with Crippen LogP contribution in [0.3, 0.4) is 0 Å². The number of aromatic nitrogens is 2. The smallest absolute Gasteiger partial charge is 0.204 e. The van der Waals surface area contributed by atoms with Crippen LogP contribution >= 0.6 is 11.6 Å². The number of benzene rings is 1. The second-order valence-electron chi connectivity index (χ2n) is 4.73. The van der Waals surface area contributed by atoms with Gasteiger partial charge in [-0.1, -0.05) is 26.0 Å². The summed E-state index contributed by atoms with van der Waals surface area (Å²) in [6.07, 6.45) is 1.96. The number of anilines is 1. The van der Waals surface area contributed by atoms with Crippen molar-refractivity contribution < 1.29 is 0 Å². The van der Waals surface area contributed by atoms with Gasteiger partial charge >= 0.3 is 0 Å². The van der Waals surface area contributed by atoms with E-state index < -0.39 is 0 Å². The molecule has 18 heavy (non-hydrogen) atoms. The summed E-state index contributed by atoms with van der Waals surface area (Å²) in [6, 6.07) is 8.14. The number of nitrogens with one attached hydrogen (secondary N) is 1. The van der Waals surface area contributed by atoms with Crippen LogP contribution in [0.1, 0.15) is 26.7 Å². The fourth-order valence-corrected chi connectivity index (χ4v) is 2.59. The maximum atomic E-state index is 6.13. The van der Waals surface area contributed by atoms with Gasteiger partial charge in [0, 0.05) is 12.9 Å². The fourth-order valence-electron chi connectivity index (χ4n) is 2.14. The Morgan fingerprint density at radius 3 is 2.50 bits per heavy atom. The first-order valence-electron chi connectivity index (χ1n) is 6.41. The van der Waals surface area contributed by atoms with E-state index in [2.05, 4.69) is 34.8 Å². The Morgan fingerprint density at radius 1 is 1.28 bits per heavy atom. The van der Waals surface area contributed by atoms with Gasteiger partial charge in [-0.2, -0.15) is 0 Å². The van der Waals surface area contributed by atoms with E-state index in [1.807, 2.05) is 25.2 Å². The molecule has 4 heteroatoms. The molecule has 0 saturated heterocycles. The van der Waals surface area contributed by atoms with Gasteiger partial charge in [0.2, 0.25) is 5.95 Å². The van der Waals surface area contributed by atoms with Crippen LogP contribution in [0.5, 0.6) is 0 Å². The van der Waals surface area contributed by atoms with Crippen molar-refractivity contribution >= 4 is 28.6 Å². The summed E-state index contributed by atoms with van der Waals surface area (Å²) in [5, 5.41) is 3.52. The molecule has 3 nitrogen and oxygen atoms in total. The number of fused-ring (bicyclic) bond motifs is 1. The monoisotopic (exact) mass is 265 g/mol. The predicted molar refractivity (Wildman–Crippen MR) is 78.4 cm³/mol. The Balaban J connectivity index is 2.39. The average molecular weight is 266 g/mol. The zero-order chi connectivity index (χ0) is 13.2. The SMILES string of the molecule is CCC(CC)(CCl)Nc1nc2ccccc2n1C. The van der Waals surface area contributed by atoms with E-state index >= 15 is 0 Å². The van der Waals surface area contributed by atoms with Gasteiger partial charge < -0.3 is 9.88 Å². The maximum Gasteiger partial charge on any atom is 0.204 e. The van der Waals surface area contributed by atoms with Gasteiger partial charge in [0.25, 0.3) is 0 Å². The van der Waals surface area contributed by atoms with Crippen LogP contribution in [-0.2, 0) is 7.05 Å². The molecule has 0 aliphatic heterocycles. The summed E-state index contributed by atoms with van der Waals surface area (Å²) < 4.78 is 2.09. The van der Waals surface area contributed by atoms with Crippen molar-refractivity contribution in [1.82, 2.24) is 9.55 Å². The van der Waals surface area contributed by atoms with Crippen molar-refractivity contribution in [2.45, 2.75) is 32.2 Å². The highest BCUT2D eigenvalue weighted by atomic mass is 35.5. The molecule has 0 spiro atoms. The predicted octanol–water partition coefficient (Wildman–Crippen LogP) is 3.78. The van der Waals surface area contributed by atoms with Crippen molar-refractivity contribution in [3.8, 4) is 0 Å². The molecule has 1 aromatic carbocycles. The first-order chi connectivity index (χ1) is 8.65. The van der Waals surface area contributed by atoms with Crippen LogP contribution in [0.4, 0.5) is 5.95 Å². The lowest BCUT2D eigenvalue weighted by Crippen LogP contribution is -2.39. The third-order valence-corrected chi connectivity index (χ3v) is 4.29. The van der Waals surface area contributed by atoms with Gasteiger partial charge in [-0.25, -0.2) is 4.98 Å². The first-order valence-corrected chi connectivity index (χ1v) is 6.95. The third kappa shape index (κ3) is 2.19. The molecule has 1 N–H and O–H groups in total. The van der Waals surface area contributed by atoms with Crippen LogP contribution in [0.15, 0.2) is 24.3 Å². The summed E-state index contributed by atoms with van der Waals surface area (Å²) in [7, 11) is 2.03. The Morgan fingerprint density at radius 2 is 1.94 bits per heavy atom. The summed E-state index contributed by atoms with van der Waals surface area (Å²) >= 11 is 6.13. The van der Waals surface area contributed by atoms with E-state index in [1.54, 1.807) is 0 Å². The number of imidazole rings is 1. The molecule has 0 unspecified atom stereocenters. The van der Waals surface area contributed by atoms with Gasteiger partial charge in [0.1, 0.15) is 0 Å². The third-order valence-electron chi connectivity index (χ3n) is 3.77. The lowest BCUT2D eigenvalue weighted by Gasteiger charge is -2.31. The minimum Gasteiger partial charge on any atom is -0.349 e. The van der Waals surface area contributed by atoms with E-state index in [-0.39, 0.29) is 5.54 Å². The van der Waals surface area contributed by atoms with Gasteiger partial charge in [-0.3, -0.25) is 0 Å². The van der Waals surface area contributed by atoms with Gasteiger partial charge in [-0.05, 0) is 25.0 Å². The fraction of sp³-hybridized carbons (Fsp3) is 0.500.